The molecule has 0 bridgehead atoms. The summed E-state index contributed by atoms with van der Waals surface area (Å²) in [5.74, 6) is 0. The molecule has 0 radical (unpaired) electrons. The summed E-state index contributed by atoms with van der Waals surface area (Å²) in [5.41, 5.74) is 0.853. The number of hydrogen-bond acceptors (Lipinski definition) is 5. The van der Waals surface area contributed by atoms with Crippen molar-refractivity contribution < 1.29 is 0 Å². The lowest BCUT2D eigenvalue weighted by molar-refractivity contribution is 0.638. The van der Waals surface area contributed by atoms with E-state index in [1.165, 1.54) is 21.5 Å². The van der Waals surface area contributed by atoms with Gasteiger partial charge < -0.3 is 0 Å². The fourth-order valence-electron chi connectivity index (χ4n) is 1.56. The Morgan fingerprint density at radius 1 is 1.28 bits per heavy atom. The molecule has 0 unspecified atom stereocenters. The first-order valence-electron chi connectivity index (χ1n) is 5.11. The predicted octanol–water partition coefficient (Wildman–Crippen LogP) is 0.383. The van der Waals surface area contributed by atoms with E-state index in [2.05, 4.69) is 20.3 Å². The summed E-state index contributed by atoms with van der Waals surface area (Å²) < 4.78 is 2.71. The SMILES string of the molecule is O=c1n(Cc2ccc(Cl)nn2)nc2cnccn12. The van der Waals surface area contributed by atoms with Crippen LogP contribution in [0.25, 0.3) is 5.65 Å². The standard InChI is InChI=1S/C10H7ClN6O/c11-8-2-1-7(13-14-8)6-17-10(18)16-4-3-12-5-9(16)15-17/h1-5H,6H2. The number of nitrogens with zero attached hydrogens (tertiary/aromatic N) is 6. The molecule has 18 heavy (non-hydrogen) atoms. The number of hydrogen-bond donors (Lipinski definition) is 0. The lowest BCUT2D eigenvalue weighted by Crippen LogP contribution is -2.22. The number of rotatable bonds is 2. The highest BCUT2D eigenvalue weighted by molar-refractivity contribution is 6.29. The molecule has 0 aliphatic rings. The van der Waals surface area contributed by atoms with Crippen LogP contribution in [-0.4, -0.2) is 29.4 Å². The van der Waals surface area contributed by atoms with Gasteiger partial charge in [0.2, 0.25) is 0 Å². The second-order valence-corrected chi connectivity index (χ2v) is 3.98. The summed E-state index contributed by atoms with van der Waals surface area (Å²) in [5, 5.41) is 12.0. The lowest BCUT2D eigenvalue weighted by atomic mass is 10.4. The highest BCUT2D eigenvalue weighted by Gasteiger charge is 2.07. The zero-order valence-corrected chi connectivity index (χ0v) is 9.82. The minimum atomic E-state index is -0.246. The van der Waals surface area contributed by atoms with E-state index in [0.717, 1.165) is 0 Å². The smallest absolute Gasteiger partial charge is 0.259 e. The second kappa shape index (κ2) is 4.19. The molecule has 90 valence electrons. The van der Waals surface area contributed by atoms with Crippen molar-refractivity contribution in [1.82, 2.24) is 29.4 Å². The molecule has 0 fully saturated rings. The Hall–Kier alpha value is -2.28. The van der Waals surface area contributed by atoms with Crippen molar-refractivity contribution in [3.05, 3.63) is 52.1 Å². The molecule has 7 nitrogen and oxygen atoms in total. The van der Waals surface area contributed by atoms with Gasteiger partial charge in [0.1, 0.15) is 0 Å². The summed E-state index contributed by atoms with van der Waals surface area (Å²) in [6.45, 7) is 0.241. The van der Waals surface area contributed by atoms with Crippen LogP contribution in [0.1, 0.15) is 5.69 Å². The highest BCUT2D eigenvalue weighted by atomic mass is 35.5. The Kier molecular flexibility index (Phi) is 2.52. The minimum absolute atomic E-state index is 0.241. The first-order valence-corrected chi connectivity index (χ1v) is 5.49. The fourth-order valence-corrected chi connectivity index (χ4v) is 1.67. The normalized spacial score (nSPS) is 10.9. The second-order valence-electron chi connectivity index (χ2n) is 3.59. The van der Waals surface area contributed by atoms with Gasteiger partial charge in [-0.15, -0.1) is 10.2 Å². The predicted molar refractivity (Wildman–Crippen MR) is 63.4 cm³/mol. The maximum absolute atomic E-state index is 12.0. The molecule has 0 atom stereocenters. The van der Waals surface area contributed by atoms with E-state index in [1.807, 2.05) is 0 Å². The van der Waals surface area contributed by atoms with Crippen LogP contribution in [0.5, 0.6) is 0 Å². The van der Waals surface area contributed by atoms with Crippen LogP contribution in [0.4, 0.5) is 0 Å². The van der Waals surface area contributed by atoms with Gasteiger partial charge in [-0.05, 0) is 12.1 Å². The van der Waals surface area contributed by atoms with E-state index in [1.54, 1.807) is 18.3 Å². The van der Waals surface area contributed by atoms with Crippen molar-refractivity contribution in [1.29, 1.82) is 0 Å². The van der Waals surface area contributed by atoms with Gasteiger partial charge in [-0.1, -0.05) is 11.6 Å². The molecule has 0 aliphatic heterocycles. The third kappa shape index (κ3) is 1.84. The monoisotopic (exact) mass is 262 g/mol. The molecule has 0 spiro atoms. The molecule has 8 heteroatoms. The first-order chi connectivity index (χ1) is 8.74. The average Bonchev–Trinajstić information content (AvgIpc) is 2.70. The molecule has 0 aliphatic carbocycles. The van der Waals surface area contributed by atoms with Crippen molar-refractivity contribution >= 4 is 17.2 Å². The third-order valence-electron chi connectivity index (χ3n) is 2.39. The van der Waals surface area contributed by atoms with E-state index in [9.17, 15) is 4.79 Å². The Labute approximate surface area is 106 Å². The molecule has 0 saturated heterocycles. The Bertz CT molecular complexity index is 747. The van der Waals surface area contributed by atoms with Crippen molar-refractivity contribution in [2.24, 2.45) is 0 Å². The van der Waals surface area contributed by atoms with Gasteiger partial charge in [0, 0.05) is 12.4 Å². The quantitative estimate of drug-likeness (QED) is 0.667. The van der Waals surface area contributed by atoms with Crippen LogP contribution >= 0.6 is 11.6 Å². The fraction of sp³-hybridized carbons (Fsp3) is 0.100. The van der Waals surface area contributed by atoms with Crippen molar-refractivity contribution in [2.75, 3.05) is 0 Å². The zero-order chi connectivity index (χ0) is 12.5. The molecular weight excluding hydrogens is 256 g/mol. The van der Waals surface area contributed by atoms with Crippen molar-refractivity contribution in [3.8, 4) is 0 Å². The number of halogens is 1. The molecule has 0 saturated carbocycles. The number of fused-ring (bicyclic) bond motifs is 1. The third-order valence-corrected chi connectivity index (χ3v) is 2.59. The zero-order valence-electron chi connectivity index (χ0n) is 9.06. The molecule has 0 aromatic carbocycles. The molecular formula is C10H7ClN6O. The maximum Gasteiger partial charge on any atom is 0.350 e. The lowest BCUT2D eigenvalue weighted by Gasteiger charge is -1.97. The van der Waals surface area contributed by atoms with Gasteiger partial charge >= 0.3 is 5.69 Å². The average molecular weight is 263 g/mol. The van der Waals surface area contributed by atoms with E-state index >= 15 is 0 Å². The summed E-state index contributed by atoms with van der Waals surface area (Å²) in [4.78, 5) is 15.9. The summed E-state index contributed by atoms with van der Waals surface area (Å²) in [6, 6.07) is 3.32. The molecule has 0 amide bonds. The van der Waals surface area contributed by atoms with E-state index < -0.39 is 0 Å². The summed E-state index contributed by atoms with van der Waals surface area (Å²) in [6.07, 6.45) is 4.61. The van der Waals surface area contributed by atoms with Crippen LogP contribution in [0, 0.1) is 0 Å². The van der Waals surface area contributed by atoms with E-state index in [-0.39, 0.29) is 12.2 Å². The topological polar surface area (TPSA) is 78.0 Å². The van der Waals surface area contributed by atoms with E-state index in [0.29, 0.717) is 16.5 Å². The van der Waals surface area contributed by atoms with Gasteiger partial charge in [0.05, 0.1) is 18.4 Å². The Morgan fingerprint density at radius 3 is 2.89 bits per heavy atom. The minimum Gasteiger partial charge on any atom is -0.259 e. The molecule has 3 aromatic heterocycles. The van der Waals surface area contributed by atoms with Gasteiger partial charge in [0.15, 0.2) is 10.8 Å². The summed E-state index contributed by atoms with van der Waals surface area (Å²) >= 11 is 5.64. The molecule has 3 rings (SSSR count). The van der Waals surface area contributed by atoms with Crippen LogP contribution in [-0.2, 0) is 6.54 Å². The first kappa shape index (κ1) is 10.8. The molecule has 3 aromatic rings. The van der Waals surface area contributed by atoms with E-state index in [4.69, 9.17) is 11.6 Å². The van der Waals surface area contributed by atoms with Crippen LogP contribution in [0.3, 0.4) is 0 Å². The van der Waals surface area contributed by atoms with Crippen LogP contribution in [0.15, 0.2) is 35.5 Å². The Balaban J connectivity index is 2.02. The van der Waals surface area contributed by atoms with Gasteiger partial charge in [0.25, 0.3) is 0 Å². The molecule has 3 heterocycles. The van der Waals surface area contributed by atoms with Gasteiger partial charge in [-0.3, -0.25) is 4.98 Å². The number of aromatic nitrogens is 6. The maximum atomic E-state index is 12.0. The highest BCUT2D eigenvalue weighted by Crippen LogP contribution is 2.03. The van der Waals surface area contributed by atoms with Gasteiger partial charge in [-0.2, -0.15) is 5.10 Å². The van der Waals surface area contributed by atoms with Gasteiger partial charge in [-0.25, -0.2) is 13.9 Å². The summed E-state index contributed by atoms with van der Waals surface area (Å²) in [7, 11) is 0. The van der Waals surface area contributed by atoms with Crippen LogP contribution in [0.2, 0.25) is 5.15 Å². The van der Waals surface area contributed by atoms with Crippen molar-refractivity contribution in [2.45, 2.75) is 6.54 Å². The van der Waals surface area contributed by atoms with Crippen molar-refractivity contribution in [3.63, 3.8) is 0 Å². The largest absolute Gasteiger partial charge is 0.350 e. The van der Waals surface area contributed by atoms with Crippen LogP contribution < -0.4 is 5.69 Å². The molecule has 0 N–H and O–H groups in total. The Morgan fingerprint density at radius 2 is 2.17 bits per heavy atom.